The number of hydrogen-bond acceptors (Lipinski definition) is 5. The average Bonchev–Trinajstić information content (AvgIpc) is 3.33. The number of carbonyl (C=O) groups excluding carboxylic acids is 3. The number of benzene rings is 2. The topological polar surface area (TPSA) is 79.4 Å². The lowest BCUT2D eigenvalue weighted by atomic mass is 9.96. The van der Waals surface area contributed by atoms with Gasteiger partial charge in [0.05, 0.1) is 16.8 Å². The molecule has 0 aliphatic carbocycles. The van der Waals surface area contributed by atoms with Crippen LogP contribution in [0.4, 0.5) is 5.13 Å². The first-order valence-corrected chi connectivity index (χ1v) is 11.6. The van der Waals surface area contributed by atoms with Crippen molar-refractivity contribution in [3.63, 3.8) is 0 Å². The number of aromatic nitrogens is 1. The highest BCUT2D eigenvalue weighted by atomic mass is 79.9. The molecule has 0 spiro atoms. The second-order valence-electron chi connectivity index (χ2n) is 7.39. The van der Waals surface area contributed by atoms with Gasteiger partial charge in [-0.25, -0.2) is 4.98 Å². The maximum Gasteiger partial charge on any atom is 0.262 e. The second-order valence-corrected chi connectivity index (χ2v) is 9.16. The zero-order chi connectivity index (χ0) is 22.1. The average molecular weight is 498 g/mol. The van der Waals surface area contributed by atoms with Gasteiger partial charge in [-0.05, 0) is 30.2 Å². The number of rotatable bonds is 6. The molecule has 0 unspecified atom stereocenters. The van der Waals surface area contributed by atoms with Gasteiger partial charge in [0.25, 0.3) is 11.8 Å². The quantitative estimate of drug-likeness (QED) is 0.473. The van der Waals surface area contributed by atoms with Crippen LogP contribution in [-0.2, 0) is 4.79 Å². The normalized spacial score (nSPS) is 15.0. The van der Waals surface area contributed by atoms with Gasteiger partial charge < -0.3 is 5.32 Å². The van der Waals surface area contributed by atoms with Gasteiger partial charge in [0.1, 0.15) is 6.04 Å². The molecule has 1 aromatic heterocycles. The highest BCUT2D eigenvalue weighted by Crippen LogP contribution is 2.30. The third kappa shape index (κ3) is 4.05. The lowest BCUT2D eigenvalue weighted by Crippen LogP contribution is -2.50. The van der Waals surface area contributed by atoms with Crippen molar-refractivity contribution in [2.75, 3.05) is 5.32 Å². The minimum Gasteiger partial charge on any atom is -0.300 e. The van der Waals surface area contributed by atoms with Crippen LogP contribution in [0, 0.1) is 5.92 Å². The van der Waals surface area contributed by atoms with Gasteiger partial charge in [-0.1, -0.05) is 60.5 Å². The van der Waals surface area contributed by atoms with Gasteiger partial charge in [-0.2, -0.15) is 0 Å². The van der Waals surface area contributed by atoms with E-state index >= 15 is 0 Å². The Balaban J connectivity index is 1.59. The molecule has 2 aromatic carbocycles. The van der Waals surface area contributed by atoms with E-state index in [0.717, 1.165) is 20.6 Å². The summed E-state index contributed by atoms with van der Waals surface area (Å²) in [5.74, 6) is -1.50. The van der Waals surface area contributed by atoms with Gasteiger partial charge in [0, 0.05) is 15.4 Å². The summed E-state index contributed by atoms with van der Waals surface area (Å²) in [6.07, 6.45) is 0.632. The fourth-order valence-corrected chi connectivity index (χ4v) is 4.56. The van der Waals surface area contributed by atoms with E-state index in [0.29, 0.717) is 22.7 Å². The summed E-state index contributed by atoms with van der Waals surface area (Å²) < 4.78 is 0.970. The molecule has 0 radical (unpaired) electrons. The maximum atomic E-state index is 13.2. The van der Waals surface area contributed by atoms with Gasteiger partial charge in [-0.15, -0.1) is 11.3 Å². The van der Waals surface area contributed by atoms with Crippen LogP contribution in [0.2, 0.25) is 0 Å². The van der Waals surface area contributed by atoms with Crippen LogP contribution in [0.25, 0.3) is 11.3 Å². The Morgan fingerprint density at radius 2 is 1.71 bits per heavy atom. The van der Waals surface area contributed by atoms with E-state index in [1.54, 1.807) is 24.3 Å². The van der Waals surface area contributed by atoms with E-state index in [-0.39, 0.29) is 5.92 Å². The molecule has 1 aliphatic rings. The maximum absolute atomic E-state index is 13.2. The van der Waals surface area contributed by atoms with Gasteiger partial charge in [0.2, 0.25) is 5.91 Å². The molecule has 158 valence electrons. The van der Waals surface area contributed by atoms with Crippen molar-refractivity contribution in [3.05, 3.63) is 69.5 Å². The van der Waals surface area contributed by atoms with Crippen molar-refractivity contribution in [2.24, 2.45) is 5.92 Å². The molecule has 0 bridgehead atoms. The minimum atomic E-state index is -0.919. The first-order chi connectivity index (χ1) is 14.9. The summed E-state index contributed by atoms with van der Waals surface area (Å²) in [6.45, 7) is 3.79. The lowest BCUT2D eigenvalue weighted by molar-refractivity contribution is -0.121. The highest BCUT2D eigenvalue weighted by Gasteiger charge is 2.44. The van der Waals surface area contributed by atoms with Crippen LogP contribution < -0.4 is 5.32 Å². The number of nitrogens with one attached hydrogen (secondary N) is 1. The summed E-state index contributed by atoms with van der Waals surface area (Å²) >= 11 is 4.71. The minimum absolute atomic E-state index is 0.215. The second kappa shape index (κ2) is 8.72. The molecule has 0 saturated carbocycles. The zero-order valence-corrected chi connectivity index (χ0v) is 19.4. The number of anilines is 1. The van der Waals surface area contributed by atoms with Crippen LogP contribution in [0.3, 0.4) is 0 Å². The van der Waals surface area contributed by atoms with E-state index in [2.05, 4.69) is 26.2 Å². The number of imide groups is 1. The summed E-state index contributed by atoms with van der Waals surface area (Å²) in [5.41, 5.74) is 2.34. The van der Waals surface area contributed by atoms with E-state index in [1.165, 1.54) is 11.3 Å². The first-order valence-electron chi connectivity index (χ1n) is 9.90. The largest absolute Gasteiger partial charge is 0.300 e. The number of halogens is 1. The molecule has 0 saturated heterocycles. The standard InChI is InChI=1S/C23H20BrN3O3S/c1-3-13(2)19(27-21(29)16-6-4-5-7-17(16)22(27)30)20(28)26-23-25-18(12-31-23)14-8-10-15(24)11-9-14/h4-13,19H,3H2,1-2H3,(H,25,26,28)/t13-,19+/m1/s1. The van der Waals surface area contributed by atoms with E-state index in [1.807, 2.05) is 43.5 Å². The number of hydrogen-bond donors (Lipinski definition) is 1. The molecular formula is C23H20BrN3O3S. The van der Waals surface area contributed by atoms with Gasteiger partial charge in [-0.3, -0.25) is 19.3 Å². The molecule has 1 aliphatic heterocycles. The van der Waals surface area contributed by atoms with Crippen molar-refractivity contribution >= 4 is 50.1 Å². The number of thiazole rings is 1. The summed E-state index contributed by atoms with van der Waals surface area (Å²) in [5, 5.41) is 5.10. The molecule has 3 amide bonds. The molecule has 0 fully saturated rings. The van der Waals surface area contributed by atoms with E-state index < -0.39 is 23.8 Å². The van der Waals surface area contributed by atoms with Crippen LogP contribution in [0.1, 0.15) is 41.0 Å². The highest BCUT2D eigenvalue weighted by molar-refractivity contribution is 9.10. The molecule has 31 heavy (non-hydrogen) atoms. The molecule has 3 aromatic rings. The fourth-order valence-electron chi connectivity index (χ4n) is 3.58. The summed E-state index contributed by atoms with van der Waals surface area (Å²) in [4.78, 5) is 44.7. The first kappa shape index (κ1) is 21.4. The van der Waals surface area contributed by atoms with Gasteiger partial charge in [0.15, 0.2) is 5.13 Å². The van der Waals surface area contributed by atoms with Crippen LogP contribution >= 0.6 is 27.3 Å². The Hall–Kier alpha value is -2.84. The Kier molecular flexibility index (Phi) is 6.02. The Bertz CT molecular complexity index is 1120. The smallest absolute Gasteiger partial charge is 0.262 e. The molecule has 4 rings (SSSR count). The number of nitrogens with zero attached hydrogens (tertiary/aromatic N) is 2. The number of amides is 3. The van der Waals surface area contributed by atoms with Crippen molar-refractivity contribution in [2.45, 2.75) is 26.3 Å². The monoisotopic (exact) mass is 497 g/mol. The van der Waals surface area contributed by atoms with Crippen LogP contribution in [0.15, 0.2) is 58.4 Å². The predicted octanol–water partition coefficient (Wildman–Crippen LogP) is 5.22. The fraction of sp³-hybridized carbons (Fsp3) is 0.217. The third-order valence-electron chi connectivity index (χ3n) is 5.43. The van der Waals surface area contributed by atoms with Crippen molar-refractivity contribution in [3.8, 4) is 11.3 Å². The molecule has 2 heterocycles. The van der Waals surface area contributed by atoms with Crippen molar-refractivity contribution in [1.29, 1.82) is 0 Å². The molecule has 1 N–H and O–H groups in total. The number of carbonyl (C=O) groups is 3. The van der Waals surface area contributed by atoms with Crippen LogP contribution in [-0.4, -0.2) is 33.6 Å². The predicted molar refractivity (Wildman–Crippen MR) is 124 cm³/mol. The Morgan fingerprint density at radius 3 is 2.29 bits per heavy atom. The Labute approximate surface area is 192 Å². The van der Waals surface area contributed by atoms with Gasteiger partial charge >= 0.3 is 0 Å². The SMILES string of the molecule is CC[C@@H](C)[C@@H](C(=O)Nc1nc(-c2ccc(Br)cc2)cs1)N1C(=O)c2ccccc2C1=O. The van der Waals surface area contributed by atoms with E-state index in [9.17, 15) is 14.4 Å². The third-order valence-corrected chi connectivity index (χ3v) is 6.72. The molecular weight excluding hydrogens is 478 g/mol. The molecule has 6 nitrogen and oxygen atoms in total. The lowest BCUT2D eigenvalue weighted by Gasteiger charge is -2.29. The van der Waals surface area contributed by atoms with Crippen molar-refractivity contribution < 1.29 is 14.4 Å². The van der Waals surface area contributed by atoms with Crippen LogP contribution in [0.5, 0.6) is 0 Å². The summed E-state index contributed by atoms with van der Waals surface area (Å²) in [7, 11) is 0. The number of fused-ring (bicyclic) bond motifs is 1. The van der Waals surface area contributed by atoms with E-state index in [4.69, 9.17) is 0 Å². The Morgan fingerprint density at radius 1 is 1.10 bits per heavy atom. The van der Waals surface area contributed by atoms with Crippen molar-refractivity contribution in [1.82, 2.24) is 9.88 Å². The zero-order valence-electron chi connectivity index (χ0n) is 17.0. The molecule has 2 atom stereocenters. The molecule has 8 heteroatoms. The summed E-state index contributed by atoms with van der Waals surface area (Å²) in [6, 6.07) is 13.5.